The van der Waals surface area contributed by atoms with Crippen LogP contribution >= 0.6 is 0 Å². The molecule has 1 atom stereocenters. The molecule has 1 saturated carbocycles. The van der Waals surface area contributed by atoms with Gasteiger partial charge in [-0.1, -0.05) is 29.8 Å². The molecule has 1 amide bonds. The van der Waals surface area contributed by atoms with Crippen LogP contribution in [0, 0.1) is 6.92 Å². The minimum absolute atomic E-state index is 0.206. The Bertz CT molecular complexity index is 476. The molecule has 1 saturated heterocycles. The van der Waals surface area contributed by atoms with Gasteiger partial charge in [-0.15, -0.1) is 0 Å². The third-order valence-corrected chi connectivity index (χ3v) is 4.56. The topological polar surface area (TPSA) is 41.1 Å². The van der Waals surface area contributed by atoms with E-state index in [4.69, 9.17) is 0 Å². The molecule has 1 aromatic carbocycles. The summed E-state index contributed by atoms with van der Waals surface area (Å²) < 4.78 is 0. The van der Waals surface area contributed by atoms with Crippen LogP contribution in [0.15, 0.2) is 24.3 Å². The van der Waals surface area contributed by atoms with Crippen molar-refractivity contribution >= 4 is 5.91 Å². The summed E-state index contributed by atoms with van der Waals surface area (Å²) in [6, 6.07) is 9.37. The summed E-state index contributed by atoms with van der Waals surface area (Å²) in [4.78, 5) is 11.4. The summed E-state index contributed by atoms with van der Waals surface area (Å²) in [5.41, 5.74) is 3.04. The van der Waals surface area contributed by atoms with Gasteiger partial charge in [0.05, 0.1) is 0 Å². The van der Waals surface area contributed by atoms with E-state index in [0.29, 0.717) is 18.0 Å². The number of amides is 1. The maximum absolute atomic E-state index is 11.4. The Balaban J connectivity index is 1.58. The first-order chi connectivity index (χ1) is 9.65. The van der Waals surface area contributed by atoms with Crippen LogP contribution < -0.4 is 10.6 Å². The molecule has 3 rings (SSSR count). The summed E-state index contributed by atoms with van der Waals surface area (Å²) >= 11 is 0. The summed E-state index contributed by atoms with van der Waals surface area (Å²) in [6.07, 6.45) is 6.34. The van der Waals surface area contributed by atoms with Crippen LogP contribution in [0.4, 0.5) is 0 Å². The maximum atomic E-state index is 11.4. The number of hydrogen-bond acceptors (Lipinski definition) is 2. The molecule has 2 fully saturated rings. The highest BCUT2D eigenvalue weighted by Gasteiger charge is 2.43. The molecule has 108 valence electrons. The molecule has 1 aliphatic heterocycles. The standard InChI is InChI=1S/C17H24N2O/c1-13-2-4-14(5-3-13)12-17(9-10-17)19-15-6-7-16(20)18-11-8-15/h2-5,15,19H,6-12H2,1H3,(H,18,20). The second-order valence-electron chi connectivity index (χ2n) is 6.46. The first-order valence-electron chi connectivity index (χ1n) is 7.75. The van der Waals surface area contributed by atoms with Crippen molar-refractivity contribution in [2.75, 3.05) is 6.54 Å². The fourth-order valence-electron chi connectivity index (χ4n) is 3.12. The van der Waals surface area contributed by atoms with E-state index >= 15 is 0 Å². The normalized spacial score (nSPS) is 24.9. The van der Waals surface area contributed by atoms with E-state index in [-0.39, 0.29) is 5.91 Å². The van der Waals surface area contributed by atoms with Gasteiger partial charge in [-0.25, -0.2) is 0 Å². The number of nitrogens with one attached hydrogen (secondary N) is 2. The molecule has 3 nitrogen and oxygen atoms in total. The average molecular weight is 272 g/mol. The Kier molecular flexibility index (Phi) is 3.79. The minimum Gasteiger partial charge on any atom is -0.356 e. The molecule has 0 bridgehead atoms. The van der Waals surface area contributed by atoms with E-state index in [1.54, 1.807) is 0 Å². The van der Waals surface area contributed by atoms with Crippen LogP contribution in [-0.4, -0.2) is 24.0 Å². The van der Waals surface area contributed by atoms with Crippen molar-refractivity contribution in [1.82, 2.24) is 10.6 Å². The second-order valence-corrected chi connectivity index (χ2v) is 6.46. The van der Waals surface area contributed by atoms with Crippen LogP contribution in [0.2, 0.25) is 0 Å². The molecule has 0 aromatic heterocycles. The molecule has 1 heterocycles. The molecule has 20 heavy (non-hydrogen) atoms. The van der Waals surface area contributed by atoms with Crippen molar-refractivity contribution in [1.29, 1.82) is 0 Å². The van der Waals surface area contributed by atoms with Gasteiger partial charge in [-0.2, -0.15) is 0 Å². The van der Waals surface area contributed by atoms with Gasteiger partial charge in [0.2, 0.25) is 5.91 Å². The lowest BCUT2D eigenvalue weighted by molar-refractivity contribution is -0.120. The molecule has 2 aliphatic rings. The number of benzene rings is 1. The molecule has 2 N–H and O–H groups in total. The van der Waals surface area contributed by atoms with Crippen LogP contribution in [0.25, 0.3) is 0 Å². The highest BCUT2D eigenvalue weighted by Crippen LogP contribution is 2.39. The van der Waals surface area contributed by atoms with Gasteiger partial charge in [-0.05, 0) is 44.6 Å². The summed E-state index contributed by atoms with van der Waals surface area (Å²) in [7, 11) is 0. The van der Waals surface area contributed by atoms with Gasteiger partial charge >= 0.3 is 0 Å². The molecule has 1 aliphatic carbocycles. The van der Waals surface area contributed by atoms with Crippen molar-refractivity contribution in [3.63, 3.8) is 0 Å². The minimum atomic E-state index is 0.206. The number of rotatable bonds is 4. The van der Waals surface area contributed by atoms with Gasteiger partial charge < -0.3 is 10.6 Å². The predicted molar refractivity (Wildman–Crippen MR) is 80.6 cm³/mol. The summed E-state index contributed by atoms with van der Waals surface area (Å²) in [5, 5.41) is 6.80. The Labute approximate surface area is 121 Å². The summed E-state index contributed by atoms with van der Waals surface area (Å²) in [5.74, 6) is 0.206. The highest BCUT2D eigenvalue weighted by atomic mass is 16.1. The fraction of sp³-hybridized carbons (Fsp3) is 0.588. The third-order valence-electron chi connectivity index (χ3n) is 4.56. The van der Waals surface area contributed by atoms with Crippen LogP contribution in [0.1, 0.15) is 43.2 Å². The van der Waals surface area contributed by atoms with Crippen LogP contribution in [0.5, 0.6) is 0 Å². The van der Waals surface area contributed by atoms with Crippen LogP contribution in [-0.2, 0) is 11.2 Å². The Morgan fingerprint density at radius 2 is 2.00 bits per heavy atom. The summed E-state index contributed by atoms with van der Waals surface area (Å²) in [6.45, 7) is 2.95. The zero-order valence-corrected chi connectivity index (χ0v) is 12.2. The average Bonchev–Trinajstić information content (AvgIpc) is 3.20. The van der Waals surface area contributed by atoms with Crippen molar-refractivity contribution < 1.29 is 4.79 Å². The van der Waals surface area contributed by atoms with E-state index in [0.717, 1.165) is 25.8 Å². The second kappa shape index (κ2) is 5.57. The van der Waals surface area contributed by atoms with Crippen LogP contribution in [0.3, 0.4) is 0 Å². The largest absolute Gasteiger partial charge is 0.356 e. The van der Waals surface area contributed by atoms with E-state index in [1.165, 1.54) is 24.0 Å². The zero-order chi connectivity index (χ0) is 14.0. The van der Waals surface area contributed by atoms with E-state index in [9.17, 15) is 4.79 Å². The molecule has 0 radical (unpaired) electrons. The first-order valence-corrected chi connectivity index (χ1v) is 7.75. The van der Waals surface area contributed by atoms with Gasteiger partial charge in [-0.3, -0.25) is 4.79 Å². The maximum Gasteiger partial charge on any atom is 0.220 e. The smallest absolute Gasteiger partial charge is 0.220 e. The first kappa shape index (κ1) is 13.6. The third kappa shape index (κ3) is 3.40. The number of hydrogen-bond donors (Lipinski definition) is 2. The SMILES string of the molecule is Cc1ccc(CC2(NC3CCNC(=O)CC3)CC2)cc1. The predicted octanol–water partition coefficient (Wildman–Crippen LogP) is 2.33. The van der Waals surface area contributed by atoms with Gasteiger partial charge in [0, 0.05) is 24.5 Å². The highest BCUT2D eigenvalue weighted by molar-refractivity contribution is 5.76. The van der Waals surface area contributed by atoms with Crippen molar-refractivity contribution in [3.05, 3.63) is 35.4 Å². The molecular weight excluding hydrogens is 248 g/mol. The Hall–Kier alpha value is -1.35. The zero-order valence-electron chi connectivity index (χ0n) is 12.2. The number of aryl methyl sites for hydroxylation is 1. The quantitative estimate of drug-likeness (QED) is 0.883. The molecule has 1 aromatic rings. The monoisotopic (exact) mass is 272 g/mol. The van der Waals surface area contributed by atoms with Gasteiger partial charge in [0.1, 0.15) is 0 Å². The van der Waals surface area contributed by atoms with Gasteiger partial charge in [0.15, 0.2) is 0 Å². The number of carbonyl (C=O) groups excluding carboxylic acids is 1. The lowest BCUT2D eigenvalue weighted by atomic mass is 10.0. The van der Waals surface area contributed by atoms with Gasteiger partial charge in [0.25, 0.3) is 0 Å². The molecule has 1 unspecified atom stereocenters. The lowest BCUT2D eigenvalue weighted by Crippen LogP contribution is -2.42. The van der Waals surface area contributed by atoms with Crippen molar-refractivity contribution in [3.8, 4) is 0 Å². The Morgan fingerprint density at radius 3 is 2.70 bits per heavy atom. The van der Waals surface area contributed by atoms with E-state index in [1.807, 2.05) is 0 Å². The van der Waals surface area contributed by atoms with E-state index in [2.05, 4.69) is 41.8 Å². The fourth-order valence-corrected chi connectivity index (χ4v) is 3.12. The Morgan fingerprint density at radius 1 is 1.25 bits per heavy atom. The lowest BCUT2D eigenvalue weighted by Gasteiger charge is -2.24. The molecule has 3 heteroatoms. The van der Waals surface area contributed by atoms with Crippen molar-refractivity contribution in [2.24, 2.45) is 0 Å². The number of carbonyl (C=O) groups is 1. The van der Waals surface area contributed by atoms with E-state index < -0.39 is 0 Å². The molecule has 0 spiro atoms. The van der Waals surface area contributed by atoms with Crippen molar-refractivity contribution in [2.45, 2.75) is 57.0 Å². The molecular formula is C17H24N2O.